The van der Waals surface area contributed by atoms with Gasteiger partial charge in [-0.1, -0.05) is 29.3 Å². The highest BCUT2D eigenvalue weighted by Crippen LogP contribution is 2.25. The van der Waals surface area contributed by atoms with E-state index in [1.54, 1.807) is 46.8 Å². The van der Waals surface area contributed by atoms with Crippen molar-refractivity contribution in [2.24, 2.45) is 5.73 Å². The molecule has 0 aliphatic carbocycles. The first-order valence-corrected chi connectivity index (χ1v) is 11.3. The maximum Gasteiger partial charge on any atom is 0.408 e. The Kier molecular flexibility index (Phi) is 11.3. The molecule has 5 N–H and O–H groups in total. The minimum atomic E-state index is -1.48. The number of ether oxygens (including phenoxy) is 2. The zero-order valence-electron chi connectivity index (χ0n) is 21.5. The van der Waals surface area contributed by atoms with Gasteiger partial charge in [-0.15, -0.1) is 0 Å². The predicted molar refractivity (Wildman–Crippen MR) is 129 cm³/mol. The lowest BCUT2D eigenvalue weighted by Gasteiger charge is -2.34. The molecule has 1 aromatic rings. The van der Waals surface area contributed by atoms with Crippen molar-refractivity contribution in [3.05, 3.63) is 34.9 Å². The van der Waals surface area contributed by atoms with E-state index < -0.39 is 67.0 Å². The first-order chi connectivity index (χ1) is 16.7. The number of nitrogens with zero attached hydrogens (tertiary/aromatic N) is 1. The number of hydrogen-bond donors (Lipinski definition) is 4. The molecule has 0 aliphatic heterocycles. The van der Waals surface area contributed by atoms with Crippen molar-refractivity contribution in [3.63, 3.8) is 0 Å². The van der Waals surface area contributed by atoms with Gasteiger partial charge in [-0.05, 0) is 40.2 Å². The van der Waals surface area contributed by atoms with Gasteiger partial charge in [0.05, 0.1) is 20.1 Å². The summed E-state index contributed by atoms with van der Waals surface area (Å²) in [5, 5.41) is 14.5. The summed E-state index contributed by atoms with van der Waals surface area (Å²) in [7, 11) is 1.16. The molecule has 0 saturated heterocycles. The number of primary amides is 1. The number of benzene rings is 1. The van der Waals surface area contributed by atoms with Crippen LogP contribution in [0.15, 0.2) is 18.2 Å². The zero-order valence-corrected chi connectivity index (χ0v) is 21.5. The number of esters is 1. The third kappa shape index (κ3) is 9.90. The van der Waals surface area contributed by atoms with Crippen LogP contribution >= 0.6 is 0 Å². The standard InChI is InChI=1S/C24H36N4O8/c1-14-9-15(2)11-16(10-14)20(21(32)26-13-19(31)35-6)28(7-8-29)22(33)17(12-18(25)30)27-23(34)36-24(3,4)5/h9-11,17,20,29H,7-8,12-13H2,1-6H3,(H2,25,30)(H,26,32)(H,27,34). The second-order valence-corrected chi connectivity index (χ2v) is 9.24. The fourth-order valence-electron chi connectivity index (χ4n) is 3.49. The highest BCUT2D eigenvalue weighted by molar-refractivity contribution is 5.95. The van der Waals surface area contributed by atoms with Crippen molar-refractivity contribution < 1.29 is 38.6 Å². The van der Waals surface area contributed by atoms with Gasteiger partial charge in [-0.2, -0.15) is 0 Å². The van der Waals surface area contributed by atoms with Crippen LogP contribution in [0.25, 0.3) is 0 Å². The smallest absolute Gasteiger partial charge is 0.408 e. The minimum Gasteiger partial charge on any atom is -0.468 e. The first kappa shape index (κ1) is 30.4. The number of amides is 4. The van der Waals surface area contributed by atoms with Crippen LogP contribution in [0.1, 0.15) is 49.9 Å². The molecule has 2 atom stereocenters. The number of nitrogens with two attached hydrogens (primary N) is 1. The van der Waals surface area contributed by atoms with Gasteiger partial charge in [0.2, 0.25) is 17.7 Å². The molecule has 12 nitrogen and oxygen atoms in total. The molecule has 0 bridgehead atoms. The topological polar surface area (TPSA) is 177 Å². The number of aliphatic hydroxyl groups is 1. The van der Waals surface area contributed by atoms with Crippen LogP contribution in [0, 0.1) is 13.8 Å². The summed E-state index contributed by atoms with van der Waals surface area (Å²) in [6, 6.07) is 2.43. The summed E-state index contributed by atoms with van der Waals surface area (Å²) < 4.78 is 9.75. The van der Waals surface area contributed by atoms with E-state index in [1.165, 1.54) is 0 Å². The fourth-order valence-corrected chi connectivity index (χ4v) is 3.49. The number of aliphatic hydroxyl groups excluding tert-OH is 1. The molecule has 0 radical (unpaired) electrons. The zero-order chi connectivity index (χ0) is 27.6. The van der Waals surface area contributed by atoms with Gasteiger partial charge in [-0.25, -0.2) is 4.79 Å². The Bertz CT molecular complexity index is 953. The fraction of sp³-hybridized carbons (Fsp3) is 0.542. The summed E-state index contributed by atoms with van der Waals surface area (Å²) in [6.07, 6.45) is -1.55. The summed E-state index contributed by atoms with van der Waals surface area (Å²) >= 11 is 0. The molecule has 4 amide bonds. The van der Waals surface area contributed by atoms with Crippen LogP contribution < -0.4 is 16.4 Å². The third-order valence-corrected chi connectivity index (χ3v) is 4.77. The lowest BCUT2D eigenvalue weighted by atomic mass is 9.98. The normalized spacial score (nSPS) is 12.6. The number of methoxy groups -OCH3 is 1. The molecule has 0 heterocycles. The average molecular weight is 509 g/mol. The number of carbonyl (C=O) groups excluding carboxylic acids is 5. The van der Waals surface area contributed by atoms with Crippen LogP contribution in [0.3, 0.4) is 0 Å². The summed E-state index contributed by atoms with van der Waals surface area (Å²) in [6.45, 7) is 7.15. The molecule has 1 aromatic carbocycles. The second-order valence-electron chi connectivity index (χ2n) is 9.24. The van der Waals surface area contributed by atoms with Crippen LogP contribution in [0.2, 0.25) is 0 Å². The van der Waals surface area contributed by atoms with E-state index in [9.17, 15) is 29.1 Å². The predicted octanol–water partition coefficient (Wildman–Crippen LogP) is 0.223. The number of aryl methyl sites for hydroxylation is 2. The van der Waals surface area contributed by atoms with Crippen molar-refractivity contribution in [3.8, 4) is 0 Å². The largest absolute Gasteiger partial charge is 0.468 e. The van der Waals surface area contributed by atoms with Crippen molar-refractivity contribution >= 4 is 29.8 Å². The van der Waals surface area contributed by atoms with E-state index in [2.05, 4.69) is 15.4 Å². The molecule has 1 rings (SSSR count). The minimum absolute atomic E-state index is 0.326. The second kappa shape index (κ2) is 13.4. The number of alkyl carbamates (subject to hydrolysis) is 1. The van der Waals surface area contributed by atoms with Crippen LogP contribution in [-0.2, 0) is 28.7 Å². The molecule has 0 spiro atoms. The monoisotopic (exact) mass is 508 g/mol. The quantitative estimate of drug-likeness (QED) is 0.307. The Hall–Kier alpha value is -3.67. The van der Waals surface area contributed by atoms with E-state index in [1.807, 2.05) is 6.07 Å². The van der Waals surface area contributed by atoms with E-state index in [4.69, 9.17) is 10.5 Å². The van der Waals surface area contributed by atoms with Crippen LogP contribution in [0.4, 0.5) is 4.79 Å². The van der Waals surface area contributed by atoms with Gasteiger partial charge in [-0.3, -0.25) is 19.2 Å². The van der Waals surface area contributed by atoms with E-state index >= 15 is 0 Å². The van der Waals surface area contributed by atoms with Crippen molar-refractivity contribution in [2.75, 3.05) is 26.8 Å². The molecular weight excluding hydrogens is 472 g/mol. The van der Waals surface area contributed by atoms with E-state index in [0.717, 1.165) is 23.1 Å². The third-order valence-electron chi connectivity index (χ3n) is 4.77. The Morgan fingerprint density at radius 3 is 2.14 bits per heavy atom. The number of carbonyl (C=O) groups is 5. The lowest BCUT2D eigenvalue weighted by molar-refractivity contribution is -0.145. The SMILES string of the molecule is COC(=O)CNC(=O)C(c1cc(C)cc(C)c1)N(CCO)C(=O)C(CC(N)=O)NC(=O)OC(C)(C)C. The molecule has 0 aromatic heterocycles. The molecule has 12 heteroatoms. The van der Waals surface area contributed by atoms with Gasteiger partial charge in [0.1, 0.15) is 24.2 Å². The highest BCUT2D eigenvalue weighted by atomic mass is 16.6. The molecule has 0 saturated carbocycles. The molecule has 2 unspecified atom stereocenters. The summed E-state index contributed by atoms with van der Waals surface area (Å²) in [5.41, 5.74) is 6.42. The van der Waals surface area contributed by atoms with Crippen LogP contribution in [0.5, 0.6) is 0 Å². The molecule has 0 aliphatic rings. The molecule has 200 valence electrons. The number of nitrogens with one attached hydrogen (secondary N) is 2. The van der Waals surface area contributed by atoms with Gasteiger partial charge in [0.25, 0.3) is 0 Å². The van der Waals surface area contributed by atoms with Gasteiger partial charge < -0.3 is 35.8 Å². The Morgan fingerprint density at radius 1 is 1.08 bits per heavy atom. The Morgan fingerprint density at radius 2 is 1.67 bits per heavy atom. The molecule has 36 heavy (non-hydrogen) atoms. The molecular formula is C24H36N4O8. The Balaban J connectivity index is 3.49. The number of hydrogen-bond acceptors (Lipinski definition) is 8. The summed E-state index contributed by atoms with van der Waals surface area (Å²) in [5.74, 6) is -3.18. The maximum atomic E-state index is 13.6. The van der Waals surface area contributed by atoms with Gasteiger partial charge >= 0.3 is 12.1 Å². The van der Waals surface area contributed by atoms with Crippen molar-refractivity contribution in [1.29, 1.82) is 0 Å². The van der Waals surface area contributed by atoms with E-state index in [-0.39, 0.29) is 6.54 Å². The van der Waals surface area contributed by atoms with Crippen molar-refractivity contribution in [2.45, 2.75) is 58.7 Å². The average Bonchev–Trinajstić information content (AvgIpc) is 2.73. The van der Waals surface area contributed by atoms with E-state index in [0.29, 0.717) is 5.56 Å². The first-order valence-electron chi connectivity index (χ1n) is 11.3. The van der Waals surface area contributed by atoms with Gasteiger partial charge in [0, 0.05) is 6.54 Å². The summed E-state index contributed by atoms with van der Waals surface area (Å²) in [4.78, 5) is 63.6. The van der Waals surface area contributed by atoms with Crippen molar-refractivity contribution in [1.82, 2.24) is 15.5 Å². The molecule has 0 fully saturated rings. The van der Waals surface area contributed by atoms with Gasteiger partial charge in [0.15, 0.2) is 0 Å². The van der Waals surface area contributed by atoms with Crippen LogP contribution in [-0.4, -0.2) is 78.2 Å². The number of rotatable bonds is 11. The maximum absolute atomic E-state index is 13.6. The lowest BCUT2D eigenvalue weighted by Crippen LogP contribution is -2.54. The highest BCUT2D eigenvalue weighted by Gasteiger charge is 2.37. The Labute approximate surface area is 210 Å².